The number of aliphatic hydroxyl groups excluding tert-OH is 1. The summed E-state index contributed by atoms with van der Waals surface area (Å²) < 4.78 is 10.0. The Labute approximate surface area is 157 Å². The van der Waals surface area contributed by atoms with E-state index in [1.165, 1.54) is 57.3 Å². The van der Waals surface area contributed by atoms with Crippen molar-refractivity contribution in [2.75, 3.05) is 27.3 Å². The Bertz CT molecular complexity index is 572. The molecule has 1 heterocycles. The van der Waals surface area contributed by atoms with Crippen LogP contribution < -0.4 is 9.47 Å². The highest BCUT2D eigenvalue weighted by Crippen LogP contribution is 2.38. The first-order valence-corrected chi connectivity index (χ1v) is 10.0. The summed E-state index contributed by atoms with van der Waals surface area (Å²) in [4.78, 5) is 2.57. The molecule has 0 spiro atoms. The molecular weight excluding hydrogens is 326 g/mol. The molecule has 2 fully saturated rings. The predicted octanol–water partition coefficient (Wildman–Crippen LogP) is 4.24. The molecule has 1 saturated carbocycles. The van der Waals surface area contributed by atoms with E-state index in [0.717, 1.165) is 29.8 Å². The summed E-state index contributed by atoms with van der Waals surface area (Å²) in [5.74, 6) is 3.23. The SMILES string of the molecule is COc1ccccc1OC.OC1C=C2C(CC1)CCN2CC1CCCC1. The Balaban J connectivity index is 0.000000170. The van der Waals surface area contributed by atoms with Crippen molar-refractivity contribution in [2.24, 2.45) is 11.8 Å². The van der Waals surface area contributed by atoms with E-state index >= 15 is 0 Å². The van der Waals surface area contributed by atoms with Crippen LogP contribution in [-0.2, 0) is 0 Å². The maximum absolute atomic E-state index is 9.73. The number of hydrogen-bond acceptors (Lipinski definition) is 4. The van der Waals surface area contributed by atoms with Crippen LogP contribution >= 0.6 is 0 Å². The van der Waals surface area contributed by atoms with Gasteiger partial charge in [-0.15, -0.1) is 0 Å². The third kappa shape index (κ3) is 4.73. The van der Waals surface area contributed by atoms with Gasteiger partial charge in [-0.1, -0.05) is 25.0 Å². The van der Waals surface area contributed by atoms with Gasteiger partial charge in [-0.05, 0) is 56.2 Å². The second-order valence-electron chi connectivity index (χ2n) is 7.67. The van der Waals surface area contributed by atoms with E-state index in [2.05, 4.69) is 11.0 Å². The number of rotatable bonds is 4. The highest BCUT2D eigenvalue weighted by atomic mass is 16.5. The van der Waals surface area contributed by atoms with Gasteiger partial charge in [-0.2, -0.15) is 0 Å². The second-order valence-corrected chi connectivity index (χ2v) is 7.67. The maximum Gasteiger partial charge on any atom is 0.160 e. The average Bonchev–Trinajstić information content (AvgIpc) is 3.33. The molecule has 3 aliphatic rings. The van der Waals surface area contributed by atoms with Crippen LogP contribution in [0.1, 0.15) is 44.9 Å². The van der Waals surface area contributed by atoms with Crippen molar-refractivity contribution in [3.05, 3.63) is 36.0 Å². The molecule has 1 saturated heterocycles. The quantitative estimate of drug-likeness (QED) is 0.873. The molecule has 2 atom stereocenters. The van der Waals surface area contributed by atoms with Gasteiger partial charge in [0, 0.05) is 24.7 Å². The minimum Gasteiger partial charge on any atom is -0.493 e. The fourth-order valence-electron chi connectivity index (χ4n) is 4.52. The monoisotopic (exact) mass is 359 g/mol. The van der Waals surface area contributed by atoms with E-state index in [1.807, 2.05) is 24.3 Å². The van der Waals surface area contributed by atoms with Gasteiger partial charge in [0.1, 0.15) is 0 Å². The molecule has 4 nitrogen and oxygen atoms in total. The number of hydrogen-bond donors (Lipinski definition) is 1. The minimum atomic E-state index is -0.171. The van der Waals surface area contributed by atoms with Crippen LogP contribution in [0.5, 0.6) is 11.5 Å². The van der Waals surface area contributed by atoms with Crippen molar-refractivity contribution in [2.45, 2.75) is 51.0 Å². The summed E-state index contributed by atoms with van der Waals surface area (Å²) in [5, 5.41) is 9.73. The van der Waals surface area contributed by atoms with Gasteiger partial charge in [0.25, 0.3) is 0 Å². The lowest BCUT2D eigenvalue weighted by Gasteiger charge is -2.29. The molecule has 1 aromatic rings. The Kier molecular flexibility index (Phi) is 6.84. The molecule has 4 heteroatoms. The summed E-state index contributed by atoms with van der Waals surface area (Å²) in [6.07, 6.45) is 11.2. The molecular formula is C22H33NO3. The highest BCUT2D eigenvalue weighted by Gasteiger charge is 2.32. The Morgan fingerprint density at radius 2 is 1.62 bits per heavy atom. The lowest BCUT2D eigenvalue weighted by molar-refractivity contribution is 0.186. The summed E-state index contributed by atoms with van der Waals surface area (Å²) >= 11 is 0. The summed E-state index contributed by atoms with van der Waals surface area (Å²) in [6, 6.07) is 7.53. The summed E-state index contributed by atoms with van der Waals surface area (Å²) in [7, 11) is 3.25. The van der Waals surface area contributed by atoms with Gasteiger partial charge < -0.3 is 19.5 Å². The molecule has 0 radical (unpaired) electrons. The van der Waals surface area contributed by atoms with Gasteiger partial charge in [0.2, 0.25) is 0 Å². The van der Waals surface area contributed by atoms with Crippen LogP contribution in [0, 0.1) is 11.8 Å². The molecule has 0 amide bonds. The third-order valence-electron chi connectivity index (χ3n) is 5.95. The second kappa shape index (κ2) is 9.31. The van der Waals surface area contributed by atoms with Crippen molar-refractivity contribution in [1.82, 2.24) is 4.90 Å². The van der Waals surface area contributed by atoms with Gasteiger partial charge in [-0.3, -0.25) is 0 Å². The first-order chi connectivity index (χ1) is 12.7. The van der Waals surface area contributed by atoms with Crippen molar-refractivity contribution < 1.29 is 14.6 Å². The largest absolute Gasteiger partial charge is 0.493 e. The van der Waals surface area contributed by atoms with Crippen molar-refractivity contribution >= 4 is 0 Å². The van der Waals surface area contributed by atoms with E-state index in [9.17, 15) is 5.11 Å². The van der Waals surface area contributed by atoms with Gasteiger partial charge >= 0.3 is 0 Å². The average molecular weight is 360 g/mol. The lowest BCUT2D eigenvalue weighted by Crippen LogP contribution is -2.27. The van der Waals surface area contributed by atoms with E-state index in [4.69, 9.17) is 9.47 Å². The number of methoxy groups -OCH3 is 2. The molecule has 2 unspecified atom stereocenters. The fourth-order valence-corrected chi connectivity index (χ4v) is 4.52. The van der Waals surface area contributed by atoms with E-state index < -0.39 is 0 Å². The smallest absolute Gasteiger partial charge is 0.160 e. The number of fused-ring (bicyclic) bond motifs is 1. The first kappa shape index (κ1) is 19.1. The zero-order valence-electron chi connectivity index (χ0n) is 16.2. The molecule has 4 rings (SSSR count). The van der Waals surface area contributed by atoms with E-state index in [-0.39, 0.29) is 6.10 Å². The van der Waals surface area contributed by atoms with Crippen LogP contribution in [0.3, 0.4) is 0 Å². The number of nitrogens with zero attached hydrogens (tertiary/aromatic N) is 1. The molecule has 26 heavy (non-hydrogen) atoms. The lowest BCUT2D eigenvalue weighted by atomic mass is 9.91. The zero-order chi connectivity index (χ0) is 18.4. The summed E-state index contributed by atoms with van der Waals surface area (Å²) in [5.41, 5.74) is 1.48. The number of benzene rings is 1. The van der Waals surface area contributed by atoms with Gasteiger partial charge in [0.15, 0.2) is 11.5 Å². The Morgan fingerprint density at radius 1 is 0.962 bits per heavy atom. The van der Waals surface area contributed by atoms with Crippen LogP contribution in [0.25, 0.3) is 0 Å². The molecule has 0 bridgehead atoms. The maximum atomic E-state index is 9.73. The van der Waals surface area contributed by atoms with Crippen molar-refractivity contribution in [1.29, 1.82) is 0 Å². The van der Waals surface area contributed by atoms with E-state index in [1.54, 1.807) is 14.2 Å². The molecule has 2 aliphatic carbocycles. The molecule has 1 aromatic carbocycles. The number of para-hydroxylation sites is 2. The van der Waals surface area contributed by atoms with E-state index in [0.29, 0.717) is 0 Å². The molecule has 1 N–H and O–H groups in total. The normalized spacial score (nSPS) is 25.2. The topological polar surface area (TPSA) is 41.9 Å². The summed E-state index contributed by atoms with van der Waals surface area (Å²) in [6.45, 7) is 2.49. The van der Waals surface area contributed by atoms with Crippen LogP contribution in [0.15, 0.2) is 36.0 Å². The minimum absolute atomic E-state index is 0.171. The third-order valence-corrected chi connectivity index (χ3v) is 5.95. The molecule has 0 aromatic heterocycles. The predicted molar refractivity (Wildman–Crippen MR) is 105 cm³/mol. The number of allylic oxidation sites excluding steroid dienone is 1. The standard InChI is InChI=1S/C14H23NO.C8H10O2/c16-13-6-5-12-7-8-15(14(12)9-13)10-11-3-1-2-4-11;1-9-7-5-3-4-6-8(7)10-2/h9,11-13,16H,1-8,10H2;3-6H,1-2H3. The Hall–Kier alpha value is -1.68. The fraction of sp³-hybridized carbons (Fsp3) is 0.636. The number of ether oxygens (including phenoxy) is 2. The number of likely N-dealkylation sites (tertiary alicyclic amines) is 1. The van der Waals surface area contributed by atoms with Crippen molar-refractivity contribution in [3.63, 3.8) is 0 Å². The van der Waals surface area contributed by atoms with Crippen LogP contribution in [0.4, 0.5) is 0 Å². The highest BCUT2D eigenvalue weighted by molar-refractivity contribution is 5.39. The zero-order valence-corrected chi connectivity index (χ0v) is 16.2. The van der Waals surface area contributed by atoms with Crippen LogP contribution in [0.2, 0.25) is 0 Å². The molecule has 1 aliphatic heterocycles. The Morgan fingerprint density at radius 3 is 2.23 bits per heavy atom. The van der Waals surface area contributed by atoms with Crippen LogP contribution in [-0.4, -0.2) is 43.4 Å². The first-order valence-electron chi connectivity index (χ1n) is 10.0. The molecule has 144 valence electrons. The number of aliphatic hydroxyl groups is 1. The van der Waals surface area contributed by atoms with Gasteiger partial charge in [0.05, 0.1) is 20.3 Å². The van der Waals surface area contributed by atoms with Crippen molar-refractivity contribution in [3.8, 4) is 11.5 Å². The van der Waals surface area contributed by atoms with Gasteiger partial charge in [-0.25, -0.2) is 0 Å².